The first-order chi connectivity index (χ1) is 7.65. The van der Waals surface area contributed by atoms with Crippen molar-refractivity contribution in [3.05, 3.63) is 41.7 Å². The summed E-state index contributed by atoms with van der Waals surface area (Å²) in [7, 11) is 2.12. The minimum absolute atomic E-state index is 0.506. The Kier molecular flexibility index (Phi) is 3.04. The highest BCUT2D eigenvalue weighted by Crippen LogP contribution is 2.16. The zero-order chi connectivity index (χ0) is 11.5. The molecule has 0 saturated carbocycles. The van der Waals surface area contributed by atoms with Crippen molar-refractivity contribution in [2.75, 3.05) is 25.0 Å². The fraction of sp³-hybridized carbons (Fsp3) is 0.385. The maximum atomic E-state index is 5.69. The van der Waals surface area contributed by atoms with Crippen molar-refractivity contribution in [2.24, 2.45) is 11.7 Å². The van der Waals surface area contributed by atoms with Crippen molar-refractivity contribution in [3.63, 3.8) is 0 Å². The lowest BCUT2D eigenvalue weighted by Gasteiger charge is -2.22. The minimum Gasteiger partial charge on any atom is -0.386 e. The predicted molar refractivity (Wildman–Crippen MR) is 68.2 cm³/mol. The van der Waals surface area contributed by atoms with Crippen molar-refractivity contribution in [2.45, 2.75) is 6.92 Å². The molecule has 0 radical (unpaired) electrons. The summed E-state index contributed by atoms with van der Waals surface area (Å²) in [6.45, 7) is 4.05. The number of benzene rings is 1. The lowest BCUT2D eigenvalue weighted by molar-refractivity contribution is 0.640. The Morgan fingerprint density at radius 3 is 2.62 bits per heavy atom. The number of anilines is 1. The first-order valence-electron chi connectivity index (χ1n) is 5.64. The van der Waals surface area contributed by atoms with E-state index in [0.717, 1.165) is 18.9 Å². The molecule has 0 fully saturated rings. The summed E-state index contributed by atoms with van der Waals surface area (Å²) in [6, 6.07) is 8.60. The van der Waals surface area contributed by atoms with Gasteiger partial charge in [0.05, 0.1) is 5.82 Å². The van der Waals surface area contributed by atoms with E-state index in [2.05, 4.69) is 54.5 Å². The molecular weight excluding hydrogens is 198 g/mol. The Morgan fingerprint density at radius 1 is 1.38 bits per heavy atom. The van der Waals surface area contributed by atoms with E-state index in [4.69, 9.17) is 5.73 Å². The Hall–Kier alpha value is -1.64. The van der Waals surface area contributed by atoms with Gasteiger partial charge >= 0.3 is 0 Å². The van der Waals surface area contributed by atoms with Crippen LogP contribution in [0.2, 0.25) is 0 Å². The van der Waals surface area contributed by atoms with Crippen LogP contribution in [0.5, 0.6) is 0 Å². The van der Waals surface area contributed by atoms with Crippen LogP contribution in [-0.2, 0) is 0 Å². The maximum absolute atomic E-state index is 5.69. The van der Waals surface area contributed by atoms with Gasteiger partial charge < -0.3 is 16.0 Å². The summed E-state index contributed by atoms with van der Waals surface area (Å²) in [4.78, 5) is 2.26. The van der Waals surface area contributed by atoms with Gasteiger partial charge in [-0.05, 0) is 25.1 Å². The molecule has 0 amide bonds. The molecule has 1 aliphatic rings. The molecule has 3 N–H and O–H groups in total. The van der Waals surface area contributed by atoms with Crippen LogP contribution in [0.15, 0.2) is 36.2 Å². The van der Waals surface area contributed by atoms with E-state index in [1.54, 1.807) is 0 Å². The number of hydrogen-bond donors (Lipinski definition) is 2. The molecular formula is C13H19N3. The van der Waals surface area contributed by atoms with Crippen LogP contribution in [0.4, 0.5) is 5.69 Å². The smallest absolute Gasteiger partial charge is 0.0923 e. The van der Waals surface area contributed by atoms with Crippen LogP contribution in [0, 0.1) is 12.8 Å². The van der Waals surface area contributed by atoms with Crippen LogP contribution in [-0.4, -0.2) is 20.1 Å². The standard InChI is InChI=1S/C13H19N3/c1-10-3-5-12(6-4-10)16(2)9-11-7-13(14)15-8-11/h3-7,11,15H,8-9,14H2,1-2H3/t11-/m1/s1. The number of rotatable bonds is 3. The van der Waals surface area contributed by atoms with Gasteiger partial charge in [0.1, 0.15) is 0 Å². The Balaban J connectivity index is 1.97. The number of nitrogens with zero attached hydrogens (tertiary/aromatic N) is 1. The highest BCUT2D eigenvalue weighted by Gasteiger charge is 2.15. The third-order valence-electron chi connectivity index (χ3n) is 2.97. The topological polar surface area (TPSA) is 41.3 Å². The number of aryl methyl sites for hydroxylation is 1. The van der Waals surface area contributed by atoms with Gasteiger partial charge in [-0.2, -0.15) is 0 Å². The number of nitrogens with two attached hydrogens (primary N) is 1. The molecule has 86 valence electrons. The molecule has 1 aliphatic heterocycles. The summed E-state index contributed by atoms with van der Waals surface area (Å²) in [5.41, 5.74) is 8.24. The highest BCUT2D eigenvalue weighted by molar-refractivity contribution is 5.46. The lowest BCUT2D eigenvalue weighted by atomic mass is 10.1. The van der Waals surface area contributed by atoms with Gasteiger partial charge in [0.15, 0.2) is 0 Å². The van der Waals surface area contributed by atoms with E-state index in [9.17, 15) is 0 Å². The monoisotopic (exact) mass is 217 g/mol. The van der Waals surface area contributed by atoms with Gasteiger partial charge in [0.2, 0.25) is 0 Å². The molecule has 2 rings (SSSR count). The molecule has 0 aromatic heterocycles. The van der Waals surface area contributed by atoms with Crippen LogP contribution < -0.4 is 16.0 Å². The van der Waals surface area contributed by atoms with Crippen molar-refractivity contribution < 1.29 is 0 Å². The Bertz CT molecular complexity index is 381. The van der Waals surface area contributed by atoms with Crippen molar-refractivity contribution in [3.8, 4) is 0 Å². The second kappa shape index (κ2) is 4.47. The number of hydrogen-bond acceptors (Lipinski definition) is 3. The van der Waals surface area contributed by atoms with E-state index < -0.39 is 0 Å². The average Bonchev–Trinajstić information content (AvgIpc) is 2.65. The largest absolute Gasteiger partial charge is 0.386 e. The third kappa shape index (κ3) is 2.48. The van der Waals surface area contributed by atoms with Crippen molar-refractivity contribution >= 4 is 5.69 Å². The van der Waals surface area contributed by atoms with E-state index in [1.807, 2.05) is 0 Å². The van der Waals surface area contributed by atoms with E-state index in [0.29, 0.717) is 5.92 Å². The molecule has 0 unspecified atom stereocenters. The fourth-order valence-corrected chi connectivity index (χ4v) is 1.99. The van der Waals surface area contributed by atoms with Gasteiger partial charge in [-0.1, -0.05) is 17.7 Å². The summed E-state index contributed by atoms with van der Waals surface area (Å²) in [5.74, 6) is 1.31. The second-order valence-corrected chi connectivity index (χ2v) is 4.48. The Labute approximate surface area is 96.9 Å². The molecule has 1 aromatic rings. The first-order valence-corrected chi connectivity index (χ1v) is 5.64. The van der Waals surface area contributed by atoms with Crippen LogP contribution in [0.3, 0.4) is 0 Å². The summed E-state index contributed by atoms with van der Waals surface area (Å²) in [5, 5.41) is 3.15. The van der Waals surface area contributed by atoms with E-state index in [-0.39, 0.29) is 0 Å². The van der Waals surface area contributed by atoms with Crippen LogP contribution >= 0.6 is 0 Å². The van der Waals surface area contributed by atoms with Crippen LogP contribution in [0.1, 0.15) is 5.56 Å². The molecule has 3 nitrogen and oxygen atoms in total. The van der Waals surface area contributed by atoms with Gasteiger partial charge in [-0.15, -0.1) is 0 Å². The molecule has 3 heteroatoms. The zero-order valence-corrected chi connectivity index (χ0v) is 9.90. The molecule has 0 spiro atoms. The summed E-state index contributed by atoms with van der Waals surface area (Å²) in [6.07, 6.45) is 2.10. The quantitative estimate of drug-likeness (QED) is 0.805. The van der Waals surface area contributed by atoms with Crippen molar-refractivity contribution in [1.29, 1.82) is 0 Å². The van der Waals surface area contributed by atoms with Gasteiger partial charge in [-0.25, -0.2) is 0 Å². The molecule has 1 atom stereocenters. The fourth-order valence-electron chi connectivity index (χ4n) is 1.99. The highest BCUT2D eigenvalue weighted by atomic mass is 15.1. The predicted octanol–water partition coefficient (Wildman–Crippen LogP) is 1.45. The molecule has 0 aliphatic carbocycles. The molecule has 16 heavy (non-hydrogen) atoms. The SMILES string of the molecule is Cc1ccc(N(C)C[C@@H]2C=C(N)NC2)cc1. The first kappa shape index (κ1) is 10.9. The summed E-state index contributed by atoms with van der Waals surface area (Å²) >= 11 is 0. The minimum atomic E-state index is 0.506. The third-order valence-corrected chi connectivity index (χ3v) is 2.97. The molecule has 1 heterocycles. The van der Waals surface area contributed by atoms with E-state index >= 15 is 0 Å². The average molecular weight is 217 g/mol. The molecule has 1 aromatic carbocycles. The maximum Gasteiger partial charge on any atom is 0.0923 e. The van der Waals surface area contributed by atoms with E-state index in [1.165, 1.54) is 11.3 Å². The van der Waals surface area contributed by atoms with Gasteiger partial charge in [0.25, 0.3) is 0 Å². The van der Waals surface area contributed by atoms with Gasteiger partial charge in [0, 0.05) is 31.7 Å². The lowest BCUT2D eigenvalue weighted by Crippen LogP contribution is -2.27. The van der Waals surface area contributed by atoms with Gasteiger partial charge in [-0.3, -0.25) is 0 Å². The summed E-state index contributed by atoms with van der Waals surface area (Å²) < 4.78 is 0. The molecule has 0 saturated heterocycles. The second-order valence-electron chi connectivity index (χ2n) is 4.48. The van der Waals surface area contributed by atoms with Crippen molar-refractivity contribution in [1.82, 2.24) is 5.32 Å². The Morgan fingerprint density at radius 2 is 2.06 bits per heavy atom. The zero-order valence-electron chi connectivity index (χ0n) is 9.90. The van der Waals surface area contributed by atoms with Crippen LogP contribution in [0.25, 0.3) is 0 Å². The number of nitrogens with one attached hydrogen (secondary N) is 1. The normalized spacial score (nSPS) is 19.1. The molecule has 0 bridgehead atoms.